The van der Waals surface area contributed by atoms with Crippen molar-refractivity contribution in [2.24, 2.45) is 28.6 Å². The lowest BCUT2D eigenvalue weighted by molar-refractivity contribution is -0.215. The molecule has 4 aliphatic carbocycles. The maximum atomic E-state index is 12.5. The van der Waals surface area contributed by atoms with Crippen LogP contribution in [-0.4, -0.2) is 32.8 Å². The second-order valence-electron chi connectivity index (χ2n) is 11.0. The van der Waals surface area contributed by atoms with E-state index in [1.807, 2.05) is 12.1 Å². The zero-order chi connectivity index (χ0) is 20.6. The number of ketones is 1. The molecule has 3 N–H and O–H groups in total. The summed E-state index contributed by atoms with van der Waals surface area (Å²) in [7, 11) is 0. The van der Waals surface area contributed by atoms with Crippen molar-refractivity contribution >= 4 is 5.78 Å². The van der Waals surface area contributed by atoms with Gasteiger partial charge in [0.2, 0.25) is 0 Å². The van der Waals surface area contributed by atoms with Crippen molar-refractivity contribution in [2.45, 2.75) is 82.8 Å². The quantitative estimate of drug-likeness (QED) is 0.663. The largest absolute Gasteiger partial charge is 0.508 e. The fraction of sp³-hybridized carbons (Fsp3) is 0.720. The van der Waals surface area contributed by atoms with Crippen LogP contribution in [0, 0.1) is 28.6 Å². The molecule has 0 amide bonds. The van der Waals surface area contributed by atoms with Gasteiger partial charge in [0.1, 0.15) is 11.5 Å². The second-order valence-corrected chi connectivity index (χ2v) is 11.0. The topological polar surface area (TPSA) is 77.8 Å². The van der Waals surface area contributed by atoms with E-state index in [1.165, 1.54) is 0 Å². The second kappa shape index (κ2) is 6.31. The van der Waals surface area contributed by atoms with Gasteiger partial charge in [-0.15, -0.1) is 0 Å². The predicted octanol–water partition coefficient (Wildman–Crippen LogP) is 4.17. The molecule has 0 radical (unpaired) electrons. The Balaban J connectivity index is 1.61. The fourth-order valence-corrected chi connectivity index (χ4v) is 8.20. The monoisotopic (exact) mass is 398 g/mol. The van der Waals surface area contributed by atoms with E-state index in [9.17, 15) is 20.1 Å². The van der Waals surface area contributed by atoms with Gasteiger partial charge >= 0.3 is 0 Å². The van der Waals surface area contributed by atoms with Crippen molar-refractivity contribution in [3.05, 3.63) is 29.8 Å². The van der Waals surface area contributed by atoms with Crippen LogP contribution in [0.25, 0.3) is 0 Å². The molecule has 29 heavy (non-hydrogen) atoms. The highest BCUT2D eigenvalue weighted by atomic mass is 16.3. The molecule has 4 nitrogen and oxygen atoms in total. The number of phenolic OH excluding ortho intramolecular Hbond substituents is 1. The highest BCUT2D eigenvalue weighted by molar-refractivity contribution is 5.81. The van der Waals surface area contributed by atoms with Crippen LogP contribution in [0.2, 0.25) is 0 Å². The highest BCUT2D eigenvalue weighted by Crippen LogP contribution is 2.69. The van der Waals surface area contributed by atoms with Crippen LogP contribution >= 0.6 is 0 Å². The number of fused-ring (bicyclic) bond motifs is 5. The lowest BCUT2D eigenvalue weighted by atomic mass is 9.41. The number of carbonyl (C=O) groups excluding carboxylic acids is 1. The third-order valence-electron chi connectivity index (χ3n) is 9.96. The summed E-state index contributed by atoms with van der Waals surface area (Å²) in [6.07, 6.45) is 6.20. The number of carbonyl (C=O) groups is 1. The van der Waals surface area contributed by atoms with E-state index >= 15 is 0 Å². The zero-order valence-electron chi connectivity index (χ0n) is 17.6. The van der Waals surface area contributed by atoms with E-state index in [-0.39, 0.29) is 40.8 Å². The Bertz CT molecular complexity index is 819. The van der Waals surface area contributed by atoms with Crippen molar-refractivity contribution in [1.82, 2.24) is 0 Å². The van der Waals surface area contributed by atoms with Gasteiger partial charge in [0, 0.05) is 24.2 Å². The summed E-state index contributed by atoms with van der Waals surface area (Å²) in [5.41, 5.74) is -0.320. The van der Waals surface area contributed by atoms with Crippen molar-refractivity contribution in [1.29, 1.82) is 0 Å². The first-order chi connectivity index (χ1) is 13.7. The Morgan fingerprint density at radius 2 is 1.72 bits per heavy atom. The number of rotatable bonds is 1. The van der Waals surface area contributed by atoms with Gasteiger partial charge in [-0.3, -0.25) is 4.79 Å². The van der Waals surface area contributed by atoms with Crippen LogP contribution in [-0.2, 0) is 4.79 Å². The maximum absolute atomic E-state index is 12.5. The molecule has 0 aromatic heterocycles. The molecule has 0 heterocycles. The maximum Gasteiger partial charge on any atom is 0.135 e. The smallest absolute Gasteiger partial charge is 0.135 e. The molecule has 4 saturated carbocycles. The molecule has 0 bridgehead atoms. The van der Waals surface area contributed by atoms with Gasteiger partial charge in [0.15, 0.2) is 0 Å². The molecule has 1 aromatic rings. The minimum absolute atomic E-state index is 0.0169. The van der Waals surface area contributed by atoms with Gasteiger partial charge < -0.3 is 15.3 Å². The SMILES string of the molecule is C[C@]12CC[C@H]3[C@@H](C[C@@H](c4ccc(O)cc4)[C@@]4(O)CC(=O)CC[C@]34C)[C@@H]1CC[C@@H]2O. The number of hydrogen-bond donors (Lipinski definition) is 3. The van der Waals surface area contributed by atoms with Gasteiger partial charge in [0.05, 0.1) is 11.7 Å². The minimum atomic E-state index is -1.04. The van der Waals surface area contributed by atoms with Crippen molar-refractivity contribution in [2.75, 3.05) is 0 Å². The van der Waals surface area contributed by atoms with Gasteiger partial charge in [-0.05, 0) is 79.4 Å². The summed E-state index contributed by atoms with van der Waals surface area (Å²) in [6, 6.07) is 7.22. The lowest BCUT2D eigenvalue weighted by Gasteiger charge is -2.65. The summed E-state index contributed by atoms with van der Waals surface area (Å²) in [5, 5.41) is 32.7. The Morgan fingerprint density at radius 3 is 2.45 bits per heavy atom. The first-order valence-corrected chi connectivity index (χ1v) is 11.4. The van der Waals surface area contributed by atoms with E-state index in [1.54, 1.807) is 12.1 Å². The van der Waals surface area contributed by atoms with Crippen LogP contribution in [0.1, 0.15) is 76.7 Å². The molecule has 0 unspecified atom stereocenters. The molecule has 4 fully saturated rings. The first kappa shape index (κ1) is 19.6. The third kappa shape index (κ3) is 2.54. The van der Waals surface area contributed by atoms with Gasteiger partial charge in [-0.1, -0.05) is 26.0 Å². The third-order valence-corrected chi connectivity index (χ3v) is 9.96. The van der Waals surface area contributed by atoms with Crippen LogP contribution in [0.4, 0.5) is 0 Å². The Morgan fingerprint density at radius 1 is 1.00 bits per heavy atom. The molecule has 0 spiro atoms. The van der Waals surface area contributed by atoms with E-state index in [0.29, 0.717) is 24.2 Å². The molecule has 4 heteroatoms. The number of aromatic hydroxyl groups is 1. The highest BCUT2D eigenvalue weighted by Gasteiger charge is 2.67. The number of phenols is 1. The molecular weight excluding hydrogens is 364 g/mol. The summed E-state index contributed by atoms with van der Waals surface area (Å²) >= 11 is 0. The average molecular weight is 399 g/mol. The van der Waals surface area contributed by atoms with Crippen LogP contribution in [0.5, 0.6) is 5.75 Å². The number of hydrogen-bond acceptors (Lipinski definition) is 4. The van der Waals surface area contributed by atoms with E-state index < -0.39 is 5.60 Å². The minimum Gasteiger partial charge on any atom is -0.508 e. The van der Waals surface area contributed by atoms with E-state index in [4.69, 9.17) is 0 Å². The molecule has 0 saturated heterocycles. The standard InChI is InChI=1S/C25H34O4/c1-23-11-10-20-18(19(23)7-8-22(23)28)13-21(15-3-5-16(26)6-4-15)25(29)14-17(27)9-12-24(20,25)2/h3-6,18-22,26,28-29H,7-14H2,1-2H3/t18-,19-,20-,21-,22-,23-,24+,25-/m0/s1. The number of benzene rings is 1. The van der Waals surface area contributed by atoms with Crippen molar-refractivity contribution in [3.63, 3.8) is 0 Å². The Kier molecular flexibility index (Phi) is 4.25. The average Bonchev–Trinajstić information content (AvgIpc) is 2.98. The summed E-state index contributed by atoms with van der Waals surface area (Å²) in [6.45, 7) is 4.51. The fourth-order valence-electron chi connectivity index (χ4n) is 8.20. The molecule has 158 valence electrons. The number of aliphatic hydroxyl groups excluding tert-OH is 1. The molecule has 0 aliphatic heterocycles. The van der Waals surface area contributed by atoms with Crippen molar-refractivity contribution in [3.8, 4) is 5.75 Å². The molecule has 8 atom stereocenters. The Labute approximate surface area is 173 Å². The van der Waals surface area contributed by atoms with Gasteiger partial charge in [-0.25, -0.2) is 0 Å². The Hall–Kier alpha value is -1.39. The lowest BCUT2D eigenvalue weighted by Crippen LogP contribution is -2.65. The van der Waals surface area contributed by atoms with Crippen molar-refractivity contribution < 1.29 is 20.1 Å². The summed E-state index contributed by atoms with van der Waals surface area (Å²) in [4.78, 5) is 12.5. The molecule has 4 aliphatic rings. The number of Topliss-reactive ketones (excluding diaryl/α,β-unsaturated/α-hetero) is 1. The van der Waals surface area contributed by atoms with E-state index in [0.717, 1.165) is 44.1 Å². The van der Waals surface area contributed by atoms with Crippen LogP contribution < -0.4 is 0 Å². The van der Waals surface area contributed by atoms with Gasteiger partial charge in [-0.2, -0.15) is 0 Å². The molecular formula is C25H34O4. The van der Waals surface area contributed by atoms with Crippen LogP contribution in [0.3, 0.4) is 0 Å². The molecule has 1 aromatic carbocycles. The van der Waals surface area contributed by atoms with Crippen LogP contribution in [0.15, 0.2) is 24.3 Å². The number of aliphatic hydroxyl groups is 2. The first-order valence-electron chi connectivity index (χ1n) is 11.4. The van der Waals surface area contributed by atoms with E-state index in [2.05, 4.69) is 13.8 Å². The molecule has 5 rings (SSSR count). The normalized spacial score (nSPS) is 49.2. The summed E-state index contributed by atoms with van der Waals surface area (Å²) < 4.78 is 0. The predicted molar refractivity (Wildman–Crippen MR) is 110 cm³/mol. The summed E-state index contributed by atoms with van der Waals surface area (Å²) in [5.74, 6) is 1.62. The van der Waals surface area contributed by atoms with Gasteiger partial charge in [0.25, 0.3) is 0 Å². The zero-order valence-corrected chi connectivity index (χ0v) is 17.6.